The number of aromatic nitrogens is 1. The summed E-state index contributed by atoms with van der Waals surface area (Å²) in [4.78, 5) is 29.5. The second-order valence-corrected chi connectivity index (χ2v) is 4.98. The summed E-state index contributed by atoms with van der Waals surface area (Å²) in [6.45, 7) is 0.214. The average Bonchev–Trinajstić information content (AvgIpc) is 2.74. The molecule has 0 N–H and O–H groups in total. The van der Waals surface area contributed by atoms with Crippen LogP contribution in [0.25, 0.3) is 0 Å². The lowest BCUT2D eigenvalue weighted by molar-refractivity contribution is -0.114. The first-order valence-electron chi connectivity index (χ1n) is 6.24. The number of carbonyl (C=O) groups is 2. The second-order valence-electron chi connectivity index (χ2n) is 4.57. The van der Waals surface area contributed by atoms with Gasteiger partial charge in [0.05, 0.1) is 29.9 Å². The molecule has 1 aliphatic heterocycles. The molecule has 3 rings (SSSR count). The van der Waals surface area contributed by atoms with Crippen LogP contribution in [0.15, 0.2) is 36.7 Å². The van der Waals surface area contributed by atoms with Gasteiger partial charge in [-0.3, -0.25) is 14.6 Å². The van der Waals surface area contributed by atoms with Crippen LogP contribution in [0.1, 0.15) is 15.9 Å². The summed E-state index contributed by atoms with van der Waals surface area (Å²) in [7, 11) is 1.53. The SMILES string of the molecule is COc1ccc2c(c1)N(Cc1ccncc1Cl)C(=O)C2=O. The van der Waals surface area contributed by atoms with Gasteiger partial charge in [0, 0.05) is 18.5 Å². The number of hydrogen-bond donors (Lipinski definition) is 0. The molecule has 0 atom stereocenters. The summed E-state index contributed by atoms with van der Waals surface area (Å²) >= 11 is 6.06. The van der Waals surface area contributed by atoms with Crippen LogP contribution in [0, 0.1) is 0 Å². The molecule has 0 radical (unpaired) electrons. The molecular formula is C15H11ClN2O3. The molecule has 0 aliphatic carbocycles. The largest absolute Gasteiger partial charge is 0.497 e. The van der Waals surface area contributed by atoms with Crippen LogP contribution in [0.2, 0.25) is 5.02 Å². The van der Waals surface area contributed by atoms with Crippen molar-refractivity contribution in [3.8, 4) is 5.75 Å². The Hall–Kier alpha value is -2.40. The number of pyridine rings is 1. The zero-order valence-electron chi connectivity index (χ0n) is 11.2. The molecule has 2 heterocycles. The van der Waals surface area contributed by atoms with Crippen molar-refractivity contribution in [2.45, 2.75) is 6.54 Å². The van der Waals surface area contributed by atoms with E-state index in [1.807, 2.05) is 0 Å². The van der Waals surface area contributed by atoms with Crippen LogP contribution in [0.4, 0.5) is 5.69 Å². The van der Waals surface area contributed by atoms with Crippen molar-refractivity contribution in [2.75, 3.05) is 12.0 Å². The van der Waals surface area contributed by atoms with Crippen molar-refractivity contribution >= 4 is 29.0 Å². The third-order valence-electron chi connectivity index (χ3n) is 3.36. The average molecular weight is 303 g/mol. The van der Waals surface area contributed by atoms with Gasteiger partial charge in [0.1, 0.15) is 5.75 Å². The molecule has 5 nitrogen and oxygen atoms in total. The Labute approximate surface area is 126 Å². The molecule has 1 aromatic heterocycles. The van der Waals surface area contributed by atoms with Crippen molar-refractivity contribution in [1.29, 1.82) is 0 Å². The van der Waals surface area contributed by atoms with Crippen LogP contribution in [0.5, 0.6) is 5.75 Å². The van der Waals surface area contributed by atoms with Gasteiger partial charge in [-0.1, -0.05) is 11.6 Å². The highest BCUT2D eigenvalue weighted by molar-refractivity contribution is 6.52. The molecule has 0 bridgehead atoms. The number of methoxy groups -OCH3 is 1. The highest BCUT2D eigenvalue weighted by Gasteiger charge is 2.36. The minimum Gasteiger partial charge on any atom is -0.497 e. The van der Waals surface area contributed by atoms with Crippen LogP contribution < -0.4 is 9.64 Å². The predicted molar refractivity (Wildman–Crippen MR) is 77.8 cm³/mol. The van der Waals surface area contributed by atoms with E-state index in [1.165, 1.54) is 18.2 Å². The van der Waals surface area contributed by atoms with Crippen molar-refractivity contribution in [3.63, 3.8) is 0 Å². The smallest absolute Gasteiger partial charge is 0.299 e. The van der Waals surface area contributed by atoms with E-state index in [9.17, 15) is 9.59 Å². The normalized spacial score (nSPS) is 13.5. The number of rotatable bonds is 3. The topological polar surface area (TPSA) is 59.5 Å². The minimum absolute atomic E-state index is 0.214. The summed E-state index contributed by atoms with van der Waals surface area (Å²) in [5.41, 5.74) is 1.65. The van der Waals surface area contributed by atoms with Crippen molar-refractivity contribution in [1.82, 2.24) is 4.98 Å². The molecule has 6 heteroatoms. The third-order valence-corrected chi connectivity index (χ3v) is 3.70. The van der Waals surface area contributed by atoms with Gasteiger partial charge in [0.15, 0.2) is 0 Å². The number of amides is 1. The quantitative estimate of drug-likeness (QED) is 0.817. The first kappa shape index (κ1) is 13.6. The maximum Gasteiger partial charge on any atom is 0.299 e. The number of nitrogens with zero attached hydrogens (tertiary/aromatic N) is 2. The molecule has 1 amide bonds. The van der Waals surface area contributed by atoms with Gasteiger partial charge >= 0.3 is 0 Å². The van der Waals surface area contributed by atoms with Gasteiger partial charge in [-0.15, -0.1) is 0 Å². The molecule has 2 aromatic rings. The van der Waals surface area contributed by atoms with E-state index in [0.29, 0.717) is 22.0 Å². The lowest BCUT2D eigenvalue weighted by Crippen LogP contribution is -2.29. The molecule has 0 saturated carbocycles. The number of hydrogen-bond acceptors (Lipinski definition) is 4. The highest BCUT2D eigenvalue weighted by atomic mass is 35.5. The van der Waals surface area contributed by atoms with E-state index < -0.39 is 11.7 Å². The number of carbonyl (C=O) groups excluding carboxylic acids is 2. The van der Waals surface area contributed by atoms with Crippen LogP contribution >= 0.6 is 11.6 Å². The van der Waals surface area contributed by atoms with E-state index in [-0.39, 0.29) is 6.54 Å². The van der Waals surface area contributed by atoms with E-state index >= 15 is 0 Å². The number of anilines is 1. The van der Waals surface area contributed by atoms with Crippen molar-refractivity contribution in [3.05, 3.63) is 52.8 Å². The zero-order chi connectivity index (χ0) is 15.0. The maximum atomic E-state index is 12.2. The Balaban J connectivity index is 2.02. The molecule has 0 fully saturated rings. The standard InChI is InChI=1S/C15H11ClN2O3/c1-21-10-2-3-11-13(6-10)18(15(20)14(11)19)8-9-4-5-17-7-12(9)16/h2-7H,8H2,1H3. The monoisotopic (exact) mass is 302 g/mol. The molecule has 1 aromatic carbocycles. The van der Waals surface area contributed by atoms with Crippen LogP contribution in [-0.4, -0.2) is 23.8 Å². The fraction of sp³-hybridized carbons (Fsp3) is 0.133. The maximum absolute atomic E-state index is 12.2. The van der Waals surface area contributed by atoms with E-state index in [2.05, 4.69) is 4.98 Å². The Morgan fingerprint density at radius 3 is 2.81 bits per heavy atom. The number of halogens is 1. The van der Waals surface area contributed by atoms with Gasteiger partial charge in [0.2, 0.25) is 0 Å². The highest BCUT2D eigenvalue weighted by Crippen LogP contribution is 2.34. The predicted octanol–water partition coefficient (Wildman–Crippen LogP) is 2.47. The van der Waals surface area contributed by atoms with Crippen LogP contribution in [0.3, 0.4) is 0 Å². The zero-order valence-corrected chi connectivity index (χ0v) is 11.9. The van der Waals surface area contributed by atoms with Crippen LogP contribution in [-0.2, 0) is 11.3 Å². The first-order chi connectivity index (χ1) is 10.1. The fourth-order valence-electron chi connectivity index (χ4n) is 2.26. The summed E-state index contributed by atoms with van der Waals surface area (Å²) in [6, 6.07) is 6.65. The van der Waals surface area contributed by atoms with Gasteiger partial charge in [-0.05, 0) is 23.8 Å². The molecule has 106 valence electrons. The Morgan fingerprint density at radius 2 is 2.10 bits per heavy atom. The first-order valence-corrected chi connectivity index (χ1v) is 6.62. The fourth-order valence-corrected chi connectivity index (χ4v) is 2.44. The Bertz CT molecular complexity index is 745. The van der Waals surface area contributed by atoms with Gasteiger partial charge in [-0.2, -0.15) is 0 Å². The lowest BCUT2D eigenvalue weighted by Gasteiger charge is -2.17. The van der Waals surface area contributed by atoms with Gasteiger partial charge in [-0.25, -0.2) is 0 Å². The molecular weight excluding hydrogens is 292 g/mol. The molecule has 21 heavy (non-hydrogen) atoms. The van der Waals surface area contributed by atoms with E-state index in [1.54, 1.807) is 30.5 Å². The van der Waals surface area contributed by atoms with Gasteiger partial charge < -0.3 is 9.64 Å². The summed E-state index contributed by atoms with van der Waals surface area (Å²) in [5, 5.41) is 0.453. The molecule has 0 unspecified atom stereocenters. The summed E-state index contributed by atoms with van der Waals surface area (Å²) < 4.78 is 5.15. The number of fused-ring (bicyclic) bond motifs is 1. The minimum atomic E-state index is -0.564. The Morgan fingerprint density at radius 1 is 1.29 bits per heavy atom. The Kier molecular flexibility index (Phi) is 3.35. The van der Waals surface area contributed by atoms with Crippen molar-refractivity contribution in [2.24, 2.45) is 0 Å². The molecule has 0 saturated heterocycles. The number of benzene rings is 1. The van der Waals surface area contributed by atoms with Crippen molar-refractivity contribution < 1.29 is 14.3 Å². The summed E-state index contributed by atoms with van der Waals surface area (Å²) in [6.07, 6.45) is 3.10. The van der Waals surface area contributed by atoms with E-state index in [4.69, 9.17) is 16.3 Å². The molecule has 0 spiro atoms. The molecule has 1 aliphatic rings. The second kappa shape index (κ2) is 5.18. The van der Waals surface area contributed by atoms with Gasteiger partial charge in [0.25, 0.3) is 11.7 Å². The lowest BCUT2D eigenvalue weighted by atomic mass is 10.1. The number of ketones is 1. The third kappa shape index (κ3) is 2.25. The number of Topliss-reactive ketones (excluding diaryl/α,β-unsaturated/α-hetero) is 1. The number of ether oxygens (including phenoxy) is 1. The van der Waals surface area contributed by atoms with E-state index in [0.717, 1.165) is 5.56 Å². The summed E-state index contributed by atoms with van der Waals surface area (Å²) in [5.74, 6) is -0.494.